The number of allylic oxidation sites excluding steroid dienone is 1. The highest BCUT2D eigenvalue weighted by Gasteiger charge is 2.49. The zero-order chi connectivity index (χ0) is 24.9. The van der Waals surface area contributed by atoms with E-state index in [9.17, 15) is 26.7 Å². The van der Waals surface area contributed by atoms with Gasteiger partial charge in [-0.3, -0.25) is 0 Å². The molecule has 1 aromatic heterocycles. The van der Waals surface area contributed by atoms with E-state index in [0.717, 1.165) is 15.8 Å². The molecule has 1 aliphatic heterocycles. The van der Waals surface area contributed by atoms with E-state index in [1.54, 1.807) is 12.1 Å². The molecule has 3 nitrogen and oxygen atoms in total. The van der Waals surface area contributed by atoms with Crippen molar-refractivity contribution in [1.82, 2.24) is 0 Å². The third kappa shape index (κ3) is 3.61. The third-order valence-corrected chi connectivity index (χ3v) is 7.34. The molecule has 0 N–H and O–H groups in total. The molecule has 1 aliphatic rings. The van der Waals surface area contributed by atoms with Crippen LogP contribution in [-0.2, 0) is 11.3 Å². The minimum atomic E-state index is -2.26. The molecule has 3 aromatic carbocycles. The number of carbonyl (C=O) groups excluding carboxylic acids is 1. The van der Waals surface area contributed by atoms with E-state index in [4.69, 9.17) is 0 Å². The van der Waals surface area contributed by atoms with Crippen LogP contribution in [-0.4, -0.2) is 5.91 Å². The van der Waals surface area contributed by atoms with Crippen LogP contribution in [0.15, 0.2) is 67.3 Å². The average molecular weight is 502 g/mol. The molecule has 0 saturated carbocycles. The Hall–Kier alpha value is -3.59. The SMILES string of the molecule is C=CC[C@@H](C(=O)N1c2sc3ccccc3[n+]2C[C@H]1c1ccccc1)c1c(F)c(F)c(F)c(F)c1F. The molecule has 4 aromatic rings. The molecule has 9 heteroatoms. The number of fused-ring (bicyclic) bond motifs is 3. The van der Waals surface area contributed by atoms with E-state index < -0.39 is 52.5 Å². The topological polar surface area (TPSA) is 24.2 Å². The van der Waals surface area contributed by atoms with E-state index in [1.807, 2.05) is 47.0 Å². The predicted octanol–water partition coefficient (Wildman–Crippen LogP) is 6.33. The molecular weight excluding hydrogens is 483 g/mol. The smallest absolute Gasteiger partial charge is 0.246 e. The maximum atomic E-state index is 14.8. The van der Waals surface area contributed by atoms with Crippen LogP contribution in [0.1, 0.15) is 29.5 Å². The Morgan fingerprint density at radius 2 is 1.57 bits per heavy atom. The number of hydrogen-bond donors (Lipinski definition) is 0. The number of carbonyl (C=O) groups is 1. The highest BCUT2D eigenvalue weighted by atomic mass is 32.1. The Balaban J connectivity index is 1.70. The lowest BCUT2D eigenvalue weighted by Crippen LogP contribution is -2.37. The summed E-state index contributed by atoms with van der Waals surface area (Å²) in [5.74, 6) is -12.9. The normalized spacial score (nSPS) is 15.9. The number of anilines is 1. The first kappa shape index (κ1) is 23.2. The summed E-state index contributed by atoms with van der Waals surface area (Å²) in [6.45, 7) is 3.90. The fraction of sp³-hybridized carbons (Fsp3) is 0.154. The number of benzene rings is 3. The lowest BCUT2D eigenvalue weighted by Gasteiger charge is -2.22. The molecule has 178 valence electrons. The minimum absolute atomic E-state index is 0.319. The van der Waals surface area contributed by atoms with E-state index in [0.29, 0.717) is 11.7 Å². The monoisotopic (exact) mass is 501 g/mol. The summed E-state index contributed by atoms with van der Waals surface area (Å²) in [7, 11) is 0. The maximum absolute atomic E-state index is 14.8. The number of hydrogen-bond acceptors (Lipinski definition) is 2. The van der Waals surface area contributed by atoms with Gasteiger partial charge in [0.05, 0.1) is 10.6 Å². The predicted molar refractivity (Wildman–Crippen MR) is 122 cm³/mol. The third-order valence-electron chi connectivity index (χ3n) is 6.18. The second-order valence-corrected chi connectivity index (χ2v) is 9.17. The van der Waals surface area contributed by atoms with Crippen molar-refractivity contribution < 1.29 is 31.3 Å². The van der Waals surface area contributed by atoms with Gasteiger partial charge in [0.1, 0.15) is 12.1 Å². The first-order valence-corrected chi connectivity index (χ1v) is 11.6. The summed E-state index contributed by atoms with van der Waals surface area (Å²) in [5.41, 5.74) is 0.494. The molecule has 1 amide bonds. The summed E-state index contributed by atoms with van der Waals surface area (Å²) in [5, 5.41) is 0.517. The van der Waals surface area contributed by atoms with Crippen molar-refractivity contribution in [3.05, 3.63) is 107 Å². The summed E-state index contributed by atoms with van der Waals surface area (Å²) in [6, 6.07) is 16.0. The van der Waals surface area contributed by atoms with Gasteiger partial charge in [0.2, 0.25) is 5.82 Å². The molecule has 0 spiro atoms. The summed E-state index contributed by atoms with van der Waals surface area (Å²) in [6.07, 6.45) is 0.910. The van der Waals surface area contributed by atoms with Crippen LogP contribution in [0, 0.1) is 29.1 Å². The van der Waals surface area contributed by atoms with Crippen LogP contribution in [0.2, 0.25) is 0 Å². The van der Waals surface area contributed by atoms with Crippen LogP contribution in [0.25, 0.3) is 10.2 Å². The first-order chi connectivity index (χ1) is 16.8. The number of thiazole rings is 1. The van der Waals surface area contributed by atoms with Gasteiger partial charge in [-0.25, -0.2) is 31.3 Å². The van der Waals surface area contributed by atoms with Crippen molar-refractivity contribution >= 4 is 32.6 Å². The van der Waals surface area contributed by atoms with Crippen LogP contribution in [0.5, 0.6) is 0 Å². The zero-order valence-electron chi connectivity index (χ0n) is 18.2. The average Bonchev–Trinajstić information content (AvgIpc) is 3.42. The van der Waals surface area contributed by atoms with Crippen LogP contribution >= 0.6 is 11.3 Å². The van der Waals surface area contributed by atoms with E-state index >= 15 is 0 Å². The van der Waals surface area contributed by atoms with Gasteiger partial charge in [-0.05, 0) is 29.9 Å². The lowest BCUT2D eigenvalue weighted by molar-refractivity contribution is -0.644. The molecule has 2 atom stereocenters. The maximum Gasteiger partial charge on any atom is 0.345 e. The van der Waals surface area contributed by atoms with Crippen LogP contribution < -0.4 is 9.47 Å². The van der Waals surface area contributed by atoms with Crippen molar-refractivity contribution in [3.8, 4) is 0 Å². The molecule has 0 radical (unpaired) electrons. The summed E-state index contributed by atoms with van der Waals surface area (Å²) >= 11 is 1.32. The van der Waals surface area contributed by atoms with Crippen molar-refractivity contribution in [1.29, 1.82) is 0 Å². The fourth-order valence-electron chi connectivity index (χ4n) is 4.55. The van der Waals surface area contributed by atoms with Crippen molar-refractivity contribution in [2.75, 3.05) is 4.90 Å². The molecule has 0 aliphatic carbocycles. The number of halogens is 5. The highest BCUT2D eigenvalue weighted by Crippen LogP contribution is 2.42. The molecule has 5 rings (SSSR count). The fourth-order valence-corrected chi connectivity index (χ4v) is 5.77. The first-order valence-electron chi connectivity index (χ1n) is 10.8. The number of amides is 1. The molecular formula is C26H18F5N2OS+. The quantitative estimate of drug-likeness (QED) is 0.103. The van der Waals surface area contributed by atoms with Crippen molar-refractivity contribution in [2.45, 2.75) is 24.9 Å². The number of para-hydroxylation sites is 1. The van der Waals surface area contributed by atoms with Gasteiger partial charge in [-0.1, -0.05) is 48.5 Å². The molecule has 0 bridgehead atoms. The minimum Gasteiger partial charge on any atom is -0.246 e. The van der Waals surface area contributed by atoms with Gasteiger partial charge in [0.15, 0.2) is 29.3 Å². The summed E-state index contributed by atoms with van der Waals surface area (Å²) in [4.78, 5) is 15.4. The Bertz CT molecular complexity index is 1440. The van der Waals surface area contributed by atoms with E-state index in [1.165, 1.54) is 22.3 Å². The Labute approximate surface area is 201 Å². The van der Waals surface area contributed by atoms with Gasteiger partial charge in [-0.2, -0.15) is 4.90 Å². The standard InChI is InChI=1S/C26H18F5N2OS/c1-2-8-15(19-20(27)22(29)24(31)23(30)21(19)28)25(34)33-17(14-9-4-3-5-10-14)13-32-16-11-6-7-12-18(16)35-26(32)33/h2-7,9-12,15,17H,1,8,13H2/q+1/t15-,17+/m1/s1. The number of rotatable bonds is 5. The molecule has 0 unspecified atom stereocenters. The Morgan fingerprint density at radius 1 is 0.971 bits per heavy atom. The largest absolute Gasteiger partial charge is 0.345 e. The summed E-state index contributed by atoms with van der Waals surface area (Å²) < 4.78 is 74.2. The Kier molecular flexibility index (Phi) is 5.88. The Morgan fingerprint density at radius 3 is 2.23 bits per heavy atom. The van der Waals surface area contributed by atoms with Gasteiger partial charge in [0, 0.05) is 11.1 Å². The van der Waals surface area contributed by atoms with E-state index in [-0.39, 0.29) is 6.42 Å². The van der Waals surface area contributed by atoms with E-state index in [2.05, 4.69) is 6.58 Å². The van der Waals surface area contributed by atoms with Crippen molar-refractivity contribution in [2.24, 2.45) is 0 Å². The molecule has 35 heavy (non-hydrogen) atoms. The van der Waals surface area contributed by atoms with Gasteiger partial charge in [0.25, 0.3) is 0 Å². The van der Waals surface area contributed by atoms with Crippen LogP contribution in [0.4, 0.5) is 27.1 Å². The number of aromatic nitrogens is 1. The molecule has 0 saturated heterocycles. The van der Waals surface area contributed by atoms with Crippen LogP contribution in [0.3, 0.4) is 0 Å². The van der Waals surface area contributed by atoms with Gasteiger partial charge >= 0.3 is 11.0 Å². The molecule has 0 fully saturated rings. The van der Waals surface area contributed by atoms with Crippen molar-refractivity contribution in [3.63, 3.8) is 0 Å². The second kappa shape index (κ2) is 8.88. The zero-order valence-corrected chi connectivity index (χ0v) is 19.0. The second-order valence-electron chi connectivity index (χ2n) is 8.16. The number of nitrogens with zero attached hydrogens (tertiary/aromatic N) is 2. The molecule has 2 heterocycles. The lowest BCUT2D eigenvalue weighted by atomic mass is 9.91. The van der Waals surface area contributed by atoms with Gasteiger partial charge < -0.3 is 0 Å². The van der Waals surface area contributed by atoms with Gasteiger partial charge in [-0.15, -0.1) is 6.58 Å². The highest BCUT2D eigenvalue weighted by molar-refractivity contribution is 7.21.